The zero-order valence-electron chi connectivity index (χ0n) is 20.6. The fourth-order valence-corrected chi connectivity index (χ4v) is 4.65. The molecule has 12 heteroatoms. The third kappa shape index (κ3) is 5.92. The van der Waals surface area contributed by atoms with Crippen LogP contribution in [0.1, 0.15) is 41.0 Å². The number of carbonyl (C=O) groups is 3. The molecule has 1 fully saturated rings. The Morgan fingerprint density at radius 2 is 1.89 bits per heavy atom. The van der Waals surface area contributed by atoms with Crippen molar-refractivity contribution in [1.29, 1.82) is 0 Å². The van der Waals surface area contributed by atoms with Crippen LogP contribution in [0.2, 0.25) is 10.0 Å². The predicted octanol–water partition coefficient (Wildman–Crippen LogP) is 3.00. The number of hydrogen-bond donors (Lipinski definition) is 2. The minimum absolute atomic E-state index is 0.0249. The fourth-order valence-electron chi connectivity index (χ4n) is 4.13. The highest BCUT2D eigenvalue weighted by Crippen LogP contribution is 2.32. The molecule has 1 atom stereocenters. The highest BCUT2D eigenvalue weighted by atomic mass is 35.5. The molecule has 2 aromatic carbocycles. The monoisotopic (exact) mass is 556 g/mol. The number of carbonyl (C=O) groups excluding carboxylic acids is 3. The van der Waals surface area contributed by atoms with Gasteiger partial charge in [-0.1, -0.05) is 35.3 Å². The van der Waals surface area contributed by atoms with Crippen molar-refractivity contribution in [3.63, 3.8) is 0 Å². The SMILES string of the molecule is CN1C(=O)[C@@H](NC(=O)c2ncn(Cc3c(Cl)cccc3Cl)n2)COc2ccc(CCC(=O)NC3CC3)cc21. The Morgan fingerprint density at radius 3 is 2.63 bits per heavy atom. The second-order valence-corrected chi connectivity index (χ2v) is 10.2. The van der Waals surface area contributed by atoms with Crippen molar-refractivity contribution >= 4 is 46.6 Å². The molecule has 0 bridgehead atoms. The Labute approximate surface area is 229 Å². The van der Waals surface area contributed by atoms with Gasteiger partial charge in [-0.25, -0.2) is 9.67 Å². The lowest BCUT2D eigenvalue weighted by molar-refractivity contribution is -0.121. The van der Waals surface area contributed by atoms with E-state index in [1.807, 2.05) is 12.1 Å². The largest absolute Gasteiger partial charge is 0.489 e. The first-order chi connectivity index (χ1) is 18.3. The molecule has 1 saturated carbocycles. The van der Waals surface area contributed by atoms with Gasteiger partial charge in [0.25, 0.3) is 11.8 Å². The maximum Gasteiger partial charge on any atom is 0.291 e. The fraction of sp³-hybridized carbons (Fsp3) is 0.346. The van der Waals surface area contributed by atoms with Gasteiger partial charge >= 0.3 is 0 Å². The summed E-state index contributed by atoms with van der Waals surface area (Å²) < 4.78 is 7.31. The summed E-state index contributed by atoms with van der Waals surface area (Å²) in [4.78, 5) is 43.6. The van der Waals surface area contributed by atoms with Crippen LogP contribution >= 0.6 is 23.2 Å². The smallest absolute Gasteiger partial charge is 0.291 e. The molecule has 2 aliphatic rings. The van der Waals surface area contributed by atoms with Crippen LogP contribution in [0.3, 0.4) is 0 Å². The normalized spacial score (nSPS) is 16.9. The number of amides is 3. The predicted molar refractivity (Wildman–Crippen MR) is 142 cm³/mol. The molecule has 3 amide bonds. The Balaban J connectivity index is 1.22. The Hall–Kier alpha value is -3.63. The van der Waals surface area contributed by atoms with E-state index in [0.717, 1.165) is 18.4 Å². The third-order valence-corrected chi connectivity index (χ3v) is 7.14. The number of benzene rings is 2. The summed E-state index contributed by atoms with van der Waals surface area (Å²) in [5.41, 5.74) is 2.14. The summed E-state index contributed by atoms with van der Waals surface area (Å²) >= 11 is 12.4. The van der Waals surface area contributed by atoms with Crippen molar-refractivity contribution in [3.05, 3.63) is 69.7 Å². The van der Waals surface area contributed by atoms with Gasteiger partial charge in [0, 0.05) is 35.1 Å². The number of aromatic nitrogens is 3. The van der Waals surface area contributed by atoms with E-state index in [1.165, 1.54) is 15.9 Å². The maximum atomic E-state index is 13.2. The van der Waals surface area contributed by atoms with Gasteiger partial charge in [-0.15, -0.1) is 5.10 Å². The lowest BCUT2D eigenvalue weighted by Gasteiger charge is -2.20. The molecule has 0 radical (unpaired) electrons. The Kier molecular flexibility index (Phi) is 7.53. The summed E-state index contributed by atoms with van der Waals surface area (Å²) in [6.45, 7) is 0.174. The van der Waals surface area contributed by atoms with Crippen LogP contribution < -0.4 is 20.3 Å². The van der Waals surface area contributed by atoms with E-state index in [4.69, 9.17) is 27.9 Å². The molecule has 5 rings (SSSR count). The molecule has 3 aromatic rings. The zero-order chi connectivity index (χ0) is 26.8. The van der Waals surface area contributed by atoms with E-state index in [0.29, 0.717) is 45.9 Å². The Morgan fingerprint density at radius 1 is 1.13 bits per heavy atom. The molecule has 0 unspecified atom stereocenters. The molecule has 10 nitrogen and oxygen atoms in total. The van der Waals surface area contributed by atoms with Crippen LogP contribution in [0.5, 0.6) is 5.75 Å². The molecular weight excluding hydrogens is 531 g/mol. The van der Waals surface area contributed by atoms with Crippen LogP contribution in [-0.4, -0.2) is 58.2 Å². The van der Waals surface area contributed by atoms with E-state index in [9.17, 15) is 14.4 Å². The maximum absolute atomic E-state index is 13.2. The first kappa shape index (κ1) is 26.0. The first-order valence-electron chi connectivity index (χ1n) is 12.2. The number of halogens is 2. The lowest BCUT2D eigenvalue weighted by Crippen LogP contribution is -2.49. The van der Waals surface area contributed by atoms with Gasteiger partial charge in [0.2, 0.25) is 11.7 Å². The summed E-state index contributed by atoms with van der Waals surface area (Å²) in [7, 11) is 1.62. The minimum atomic E-state index is -0.947. The molecule has 1 aliphatic carbocycles. The number of rotatable bonds is 8. The first-order valence-corrected chi connectivity index (χ1v) is 13.0. The van der Waals surface area contributed by atoms with E-state index in [2.05, 4.69) is 20.7 Å². The second-order valence-electron chi connectivity index (χ2n) is 9.34. The summed E-state index contributed by atoms with van der Waals surface area (Å²) in [6.07, 6.45) is 4.40. The molecular formula is C26H26Cl2N6O4. The summed E-state index contributed by atoms with van der Waals surface area (Å²) in [5.74, 6) is -0.516. The molecule has 0 saturated heterocycles. The van der Waals surface area contributed by atoms with E-state index in [-0.39, 0.29) is 30.8 Å². The lowest BCUT2D eigenvalue weighted by atomic mass is 10.1. The van der Waals surface area contributed by atoms with Crippen molar-refractivity contribution in [1.82, 2.24) is 25.4 Å². The zero-order valence-corrected chi connectivity index (χ0v) is 22.1. The van der Waals surface area contributed by atoms with Gasteiger partial charge in [0.15, 0.2) is 0 Å². The van der Waals surface area contributed by atoms with Gasteiger partial charge in [0.05, 0.1) is 12.2 Å². The number of fused-ring (bicyclic) bond motifs is 1. The third-order valence-electron chi connectivity index (χ3n) is 6.43. The molecule has 1 aliphatic heterocycles. The van der Waals surface area contributed by atoms with Crippen molar-refractivity contribution in [2.45, 2.75) is 44.3 Å². The number of nitrogens with zero attached hydrogens (tertiary/aromatic N) is 4. The average Bonchev–Trinajstić information content (AvgIpc) is 3.61. The van der Waals surface area contributed by atoms with Gasteiger partial charge in [0.1, 0.15) is 24.7 Å². The number of likely N-dealkylation sites (N-methyl/N-ethyl adjacent to an activating group) is 1. The Bertz CT molecular complexity index is 1370. The highest BCUT2D eigenvalue weighted by Gasteiger charge is 2.32. The number of hydrogen-bond acceptors (Lipinski definition) is 6. The van der Waals surface area contributed by atoms with E-state index in [1.54, 1.807) is 31.3 Å². The van der Waals surface area contributed by atoms with Gasteiger partial charge in [-0.05, 0) is 49.1 Å². The van der Waals surface area contributed by atoms with E-state index < -0.39 is 11.9 Å². The van der Waals surface area contributed by atoms with Crippen LogP contribution in [0.25, 0.3) is 0 Å². The van der Waals surface area contributed by atoms with Crippen LogP contribution in [0, 0.1) is 0 Å². The van der Waals surface area contributed by atoms with Gasteiger partial charge < -0.3 is 20.3 Å². The molecule has 198 valence electrons. The molecule has 0 spiro atoms. The van der Waals surface area contributed by atoms with Gasteiger partial charge in [-0.3, -0.25) is 14.4 Å². The number of ether oxygens (including phenoxy) is 1. The minimum Gasteiger partial charge on any atom is -0.489 e. The summed E-state index contributed by atoms with van der Waals surface area (Å²) in [5, 5.41) is 10.8. The van der Waals surface area contributed by atoms with Crippen molar-refractivity contribution < 1.29 is 19.1 Å². The summed E-state index contributed by atoms with van der Waals surface area (Å²) in [6, 6.07) is 10.0. The molecule has 1 aromatic heterocycles. The van der Waals surface area contributed by atoms with E-state index >= 15 is 0 Å². The van der Waals surface area contributed by atoms with Crippen LogP contribution in [-0.2, 0) is 22.6 Å². The standard InChI is InChI=1S/C26H26Cl2N6O4/c1-33-21-11-15(6-10-23(35)30-16-7-8-16)5-9-22(21)38-13-20(26(33)37)31-25(36)24-29-14-34(32-24)12-17-18(27)3-2-4-19(17)28/h2-5,9,11,14,16,20H,6-8,10,12-13H2,1H3,(H,30,35)(H,31,36)/t20-/m0/s1. The molecule has 2 heterocycles. The van der Waals surface area contributed by atoms with Crippen molar-refractivity contribution in [3.8, 4) is 5.75 Å². The number of aryl methyl sites for hydroxylation is 1. The van der Waals surface area contributed by atoms with Gasteiger partial charge in [-0.2, -0.15) is 0 Å². The topological polar surface area (TPSA) is 118 Å². The molecule has 2 N–H and O–H groups in total. The molecule has 38 heavy (non-hydrogen) atoms. The van der Waals surface area contributed by atoms with Crippen LogP contribution in [0.15, 0.2) is 42.7 Å². The second kappa shape index (κ2) is 11.0. The average molecular weight is 557 g/mol. The highest BCUT2D eigenvalue weighted by molar-refractivity contribution is 6.36. The van der Waals surface area contributed by atoms with Crippen molar-refractivity contribution in [2.75, 3.05) is 18.6 Å². The number of nitrogens with one attached hydrogen (secondary N) is 2. The van der Waals surface area contributed by atoms with Crippen molar-refractivity contribution in [2.24, 2.45) is 0 Å². The number of anilines is 1. The quantitative estimate of drug-likeness (QED) is 0.440. The van der Waals surface area contributed by atoms with Crippen LogP contribution in [0.4, 0.5) is 5.69 Å².